The van der Waals surface area contributed by atoms with E-state index < -0.39 is 0 Å². The zero-order valence-electron chi connectivity index (χ0n) is 16.3. The minimum atomic E-state index is -0.286. The van der Waals surface area contributed by atoms with Crippen molar-refractivity contribution in [2.24, 2.45) is 5.92 Å². The summed E-state index contributed by atoms with van der Waals surface area (Å²) in [5, 5.41) is 9.52. The molecule has 0 N–H and O–H groups in total. The molecule has 1 saturated heterocycles. The van der Waals surface area contributed by atoms with Crippen LogP contribution in [-0.4, -0.2) is 43.0 Å². The van der Waals surface area contributed by atoms with Crippen molar-refractivity contribution in [2.75, 3.05) is 31.1 Å². The van der Waals surface area contributed by atoms with Crippen molar-refractivity contribution in [3.05, 3.63) is 41.6 Å². The fourth-order valence-electron chi connectivity index (χ4n) is 3.19. The van der Waals surface area contributed by atoms with Crippen LogP contribution in [0.3, 0.4) is 0 Å². The molecule has 1 aliphatic heterocycles. The maximum atomic E-state index is 12.8. The fraction of sp³-hybridized carbons (Fsp3) is 0.476. The fourth-order valence-corrected chi connectivity index (χ4v) is 3.19. The molecule has 2 rings (SSSR count). The van der Waals surface area contributed by atoms with Crippen molar-refractivity contribution in [1.29, 1.82) is 5.26 Å². The predicted molar refractivity (Wildman–Crippen MR) is 104 cm³/mol. The first-order valence-electron chi connectivity index (χ1n) is 9.41. The molecule has 6 nitrogen and oxygen atoms in total. The third kappa shape index (κ3) is 5.33. The van der Waals surface area contributed by atoms with E-state index in [1.807, 2.05) is 49.1 Å². The summed E-state index contributed by atoms with van der Waals surface area (Å²) in [6.07, 6.45) is 2.76. The minimum Gasteiger partial charge on any atom is -0.466 e. The van der Waals surface area contributed by atoms with Crippen molar-refractivity contribution in [3.63, 3.8) is 0 Å². The molecular weight excluding hydrogens is 342 g/mol. The number of hydrogen-bond donors (Lipinski definition) is 0. The van der Waals surface area contributed by atoms with Gasteiger partial charge in [0.1, 0.15) is 11.6 Å². The first-order chi connectivity index (χ1) is 13.0. The lowest BCUT2D eigenvalue weighted by Crippen LogP contribution is -2.41. The van der Waals surface area contributed by atoms with Crippen LogP contribution >= 0.6 is 0 Å². The number of benzene rings is 1. The molecule has 0 aliphatic carbocycles. The number of likely N-dealkylation sites (tertiary alicyclic amines) is 1. The maximum absolute atomic E-state index is 12.8. The van der Waals surface area contributed by atoms with Crippen molar-refractivity contribution in [2.45, 2.75) is 33.6 Å². The van der Waals surface area contributed by atoms with Gasteiger partial charge in [-0.05, 0) is 51.3 Å². The van der Waals surface area contributed by atoms with Crippen molar-refractivity contribution in [1.82, 2.24) is 4.90 Å². The van der Waals surface area contributed by atoms with Crippen LogP contribution in [0.1, 0.15) is 32.3 Å². The summed E-state index contributed by atoms with van der Waals surface area (Å²) in [7, 11) is 0. The Morgan fingerprint density at radius 3 is 2.59 bits per heavy atom. The molecule has 6 heteroatoms. The Hall–Kier alpha value is -2.81. The van der Waals surface area contributed by atoms with Crippen LogP contribution in [0.5, 0.6) is 0 Å². The highest BCUT2D eigenvalue weighted by Crippen LogP contribution is 2.21. The highest BCUT2D eigenvalue weighted by Gasteiger charge is 2.29. The Bertz CT molecular complexity index is 743. The van der Waals surface area contributed by atoms with Crippen LogP contribution < -0.4 is 4.90 Å². The molecule has 0 aromatic heterocycles. The molecule has 1 aromatic rings. The summed E-state index contributed by atoms with van der Waals surface area (Å²) in [4.78, 5) is 28.2. The number of amides is 1. The second-order valence-corrected chi connectivity index (χ2v) is 6.60. The third-order valence-corrected chi connectivity index (χ3v) is 4.71. The molecule has 0 unspecified atom stereocenters. The maximum Gasteiger partial charge on any atom is 0.309 e. The first-order valence-corrected chi connectivity index (χ1v) is 9.41. The molecule has 0 atom stereocenters. The summed E-state index contributed by atoms with van der Waals surface area (Å²) in [6.45, 7) is 7.69. The van der Waals surface area contributed by atoms with E-state index in [1.54, 1.807) is 18.0 Å². The molecule has 0 radical (unpaired) electrons. The van der Waals surface area contributed by atoms with Gasteiger partial charge < -0.3 is 14.5 Å². The van der Waals surface area contributed by atoms with Crippen LogP contribution in [0.25, 0.3) is 0 Å². The van der Waals surface area contributed by atoms with Gasteiger partial charge in [0.05, 0.1) is 12.5 Å². The number of carbonyl (C=O) groups excluding carboxylic acids is 2. The topological polar surface area (TPSA) is 73.6 Å². The Morgan fingerprint density at radius 1 is 1.33 bits per heavy atom. The van der Waals surface area contributed by atoms with E-state index in [0.717, 1.165) is 11.3 Å². The molecule has 1 amide bonds. The van der Waals surface area contributed by atoms with Crippen LogP contribution in [-0.2, 0) is 14.3 Å². The Labute approximate surface area is 161 Å². The average molecular weight is 369 g/mol. The molecule has 0 bridgehead atoms. The van der Waals surface area contributed by atoms with Gasteiger partial charge in [0.2, 0.25) is 0 Å². The van der Waals surface area contributed by atoms with E-state index in [0.29, 0.717) is 39.1 Å². The summed E-state index contributed by atoms with van der Waals surface area (Å²) >= 11 is 0. The second kappa shape index (κ2) is 9.77. The van der Waals surface area contributed by atoms with Gasteiger partial charge in [-0.25, -0.2) is 0 Å². The molecule has 144 valence electrons. The number of carbonyl (C=O) groups is 2. The molecular formula is C21H27N3O3. The van der Waals surface area contributed by atoms with Gasteiger partial charge in [-0.1, -0.05) is 12.1 Å². The summed E-state index contributed by atoms with van der Waals surface area (Å²) in [6, 6.07) is 9.97. The quantitative estimate of drug-likeness (QED) is 0.438. The SMILES string of the molecule is CCOC(=O)C1CCN(C(=O)/C(C#N)=C\N(CC)c2cccc(C)c2)CC1. The lowest BCUT2D eigenvalue weighted by molar-refractivity contribution is -0.150. The molecule has 27 heavy (non-hydrogen) atoms. The number of hydrogen-bond acceptors (Lipinski definition) is 5. The van der Waals surface area contributed by atoms with Crippen LogP contribution in [0.2, 0.25) is 0 Å². The Morgan fingerprint density at radius 2 is 2.04 bits per heavy atom. The molecule has 0 saturated carbocycles. The lowest BCUT2D eigenvalue weighted by atomic mass is 9.96. The van der Waals surface area contributed by atoms with Gasteiger partial charge in [-0.3, -0.25) is 9.59 Å². The molecule has 0 spiro atoms. The molecule has 1 fully saturated rings. The number of rotatable bonds is 6. The van der Waals surface area contributed by atoms with Crippen molar-refractivity contribution >= 4 is 17.6 Å². The Kier molecular flexibility index (Phi) is 7.42. The zero-order chi connectivity index (χ0) is 19.8. The van der Waals surface area contributed by atoms with Gasteiger partial charge in [-0.15, -0.1) is 0 Å². The highest BCUT2D eigenvalue weighted by atomic mass is 16.5. The van der Waals surface area contributed by atoms with E-state index in [2.05, 4.69) is 0 Å². The van der Waals surface area contributed by atoms with Crippen LogP contribution in [0.15, 0.2) is 36.0 Å². The van der Waals surface area contributed by atoms with E-state index in [1.165, 1.54) is 0 Å². The number of anilines is 1. The number of nitrogens with zero attached hydrogens (tertiary/aromatic N) is 3. The molecule has 1 heterocycles. The van der Waals surface area contributed by atoms with E-state index in [-0.39, 0.29) is 23.4 Å². The zero-order valence-corrected chi connectivity index (χ0v) is 16.3. The van der Waals surface area contributed by atoms with Crippen molar-refractivity contribution in [3.8, 4) is 6.07 Å². The lowest BCUT2D eigenvalue weighted by Gasteiger charge is -2.31. The van der Waals surface area contributed by atoms with Gasteiger partial charge >= 0.3 is 5.97 Å². The second-order valence-electron chi connectivity index (χ2n) is 6.60. The van der Waals surface area contributed by atoms with Crippen molar-refractivity contribution < 1.29 is 14.3 Å². The molecule has 1 aromatic carbocycles. The van der Waals surface area contributed by atoms with Gasteiger partial charge in [0, 0.05) is 31.5 Å². The minimum absolute atomic E-state index is 0.105. The largest absolute Gasteiger partial charge is 0.466 e. The van der Waals surface area contributed by atoms with Gasteiger partial charge in [-0.2, -0.15) is 5.26 Å². The number of ether oxygens (including phenoxy) is 1. The van der Waals surface area contributed by atoms with Crippen LogP contribution in [0.4, 0.5) is 5.69 Å². The van der Waals surface area contributed by atoms with E-state index >= 15 is 0 Å². The number of nitriles is 1. The van der Waals surface area contributed by atoms with Gasteiger partial charge in [0.15, 0.2) is 0 Å². The van der Waals surface area contributed by atoms with E-state index in [9.17, 15) is 14.9 Å². The first kappa shape index (κ1) is 20.5. The predicted octanol–water partition coefficient (Wildman–Crippen LogP) is 3.03. The number of esters is 1. The van der Waals surface area contributed by atoms with Crippen LogP contribution in [0, 0.1) is 24.2 Å². The normalized spacial score (nSPS) is 15.2. The molecule has 1 aliphatic rings. The van der Waals surface area contributed by atoms with E-state index in [4.69, 9.17) is 4.74 Å². The number of piperidine rings is 1. The highest BCUT2D eigenvalue weighted by molar-refractivity contribution is 5.97. The standard InChI is InChI=1S/C21H27N3O3/c1-4-23(19-8-6-7-16(3)13-19)15-18(14-22)20(25)24-11-9-17(10-12-24)21(26)27-5-2/h6-8,13,15,17H,4-5,9-12H2,1-3H3/b18-15-. The average Bonchev–Trinajstić information content (AvgIpc) is 2.69. The summed E-state index contributed by atoms with van der Waals surface area (Å²) in [5.41, 5.74) is 2.16. The summed E-state index contributed by atoms with van der Waals surface area (Å²) < 4.78 is 5.06. The smallest absolute Gasteiger partial charge is 0.309 e. The monoisotopic (exact) mass is 369 g/mol. The Balaban J connectivity index is 2.08. The summed E-state index contributed by atoms with van der Waals surface area (Å²) in [5.74, 6) is -0.647. The number of aryl methyl sites for hydroxylation is 1. The van der Waals surface area contributed by atoms with Gasteiger partial charge in [0.25, 0.3) is 5.91 Å². The third-order valence-electron chi connectivity index (χ3n) is 4.71.